The number of ether oxygens (including phenoxy) is 1. The molecule has 15 nitrogen and oxygen atoms in total. The molecule has 58 heavy (non-hydrogen) atoms. The normalized spacial score (nSPS) is 17.6. The molecule has 0 saturated carbocycles. The number of halogens is 1. The van der Waals surface area contributed by atoms with Crippen molar-refractivity contribution in [2.24, 2.45) is 0 Å². The van der Waals surface area contributed by atoms with Gasteiger partial charge in [-0.2, -0.15) is 4.98 Å². The minimum absolute atomic E-state index is 0.100. The number of para-hydroxylation sites is 1. The van der Waals surface area contributed by atoms with Crippen LogP contribution < -0.4 is 36.2 Å². The number of nitrogens with one attached hydrogen (secondary N) is 5. The van der Waals surface area contributed by atoms with Gasteiger partial charge in [-0.3, -0.25) is 29.4 Å². The van der Waals surface area contributed by atoms with Crippen LogP contribution in [-0.4, -0.2) is 102 Å². The van der Waals surface area contributed by atoms with Gasteiger partial charge in [0.05, 0.1) is 36.9 Å². The fourth-order valence-electron chi connectivity index (χ4n) is 7.47. The van der Waals surface area contributed by atoms with E-state index >= 15 is 0 Å². The molecule has 5 N–H and O–H groups in total. The molecular formula is C42H47ClN10O5. The number of imide groups is 1. The van der Waals surface area contributed by atoms with Gasteiger partial charge in [-0.25, -0.2) is 4.98 Å². The van der Waals surface area contributed by atoms with E-state index in [-0.39, 0.29) is 29.6 Å². The molecule has 3 aromatic carbocycles. The van der Waals surface area contributed by atoms with E-state index in [1.54, 1.807) is 13.2 Å². The zero-order chi connectivity index (χ0) is 40.6. The lowest BCUT2D eigenvalue weighted by Crippen LogP contribution is -2.52. The Morgan fingerprint density at radius 2 is 1.67 bits per heavy atom. The van der Waals surface area contributed by atoms with Crippen LogP contribution in [0.25, 0.3) is 0 Å². The third kappa shape index (κ3) is 9.84. The largest absolute Gasteiger partial charge is 0.494 e. The second-order valence-corrected chi connectivity index (χ2v) is 14.9. The molecule has 302 valence electrons. The van der Waals surface area contributed by atoms with E-state index in [1.165, 1.54) is 17.8 Å². The summed E-state index contributed by atoms with van der Waals surface area (Å²) < 4.78 is 5.79. The molecule has 0 bridgehead atoms. The summed E-state index contributed by atoms with van der Waals surface area (Å²) in [6.07, 6.45) is 5.42. The first-order chi connectivity index (χ1) is 28.1. The quantitative estimate of drug-likeness (QED) is 0.0851. The smallest absolute Gasteiger partial charge is 0.249 e. The Morgan fingerprint density at radius 1 is 0.931 bits per heavy atom. The highest BCUT2D eigenvalue weighted by Gasteiger charge is 2.29. The summed E-state index contributed by atoms with van der Waals surface area (Å²) >= 11 is 6.40. The molecule has 4 heterocycles. The summed E-state index contributed by atoms with van der Waals surface area (Å²) in [4.78, 5) is 64.9. The number of piperidine rings is 2. The highest BCUT2D eigenvalue weighted by Crippen LogP contribution is 2.39. The van der Waals surface area contributed by atoms with Crippen LogP contribution in [0.2, 0.25) is 5.02 Å². The number of nitrogens with zero attached hydrogens (tertiary/aromatic N) is 5. The Kier molecular flexibility index (Phi) is 12.7. The molecule has 4 aromatic rings. The average Bonchev–Trinajstić information content (AvgIpc) is 3.24. The first-order valence-corrected chi connectivity index (χ1v) is 19.8. The zero-order valence-corrected chi connectivity index (χ0v) is 33.1. The molecule has 1 atom stereocenters. The predicted molar refractivity (Wildman–Crippen MR) is 225 cm³/mol. The van der Waals surface area contributed by atoms with Crippen molar-refractivity contribution in [2.75, 3.05) is 79.1 Å². The molecule has 3 fully saturated rings. The second kappa shape index (κ2) is 18.4. The number of benzene rings is 3. The number of rotatable bonds is 13. The molecule has 3 saturated heterocycles. The van der Waals surface area contributed by atoms with E-state index in [0.717, 1.165) is 43.0 Å². The second-order valence-electron chi connectivity index (χ2n) is 14.5. The third-order valence-corrected chi connectivity index (χ3v) is 10.9. The van der Waals surface area contributed by atoms with Crippen LogP contribution in [0.1, 0.15) is 37.2 Å². The number of amides is 4. The summed E-state index contributed by atoms with van der Waals surface area (Å²) in [6, 6.07) is 20.9. The van der Waals surface area contributed by atoms with Crippen LogP contribution in [0.15, 0.2) is 85.6 Å². The van der Waals surface area contributed by atoms with Gasteiger partial charge in [0.1, 0.15) is 16.8 Å². The zero-order valence-electron chi connectivity index (χ0n) is 32.3. The van der Waals surface area contributed by atoms with Gasteiger partial charge in [-0.1, -0.05) is 48.5 Å². The van der Waals surface area contributed by atoms with Crippen LogP contribution in [0, 0.1) is 0 Å². The summed E-state index contributed by atoms with van der Waals surface area (Å²) in [6.45, 7) is 7.81. The Bertz CT molecular complexity index is 2140. The number of anilines is 7. The number of carbonyl (C=O) groups excluding carboxylic acids is 4. The molecule has 3 aliphatic rings. The number of hydrogen-bond acceptors (Lipinski definition) is 12. The number of aromatic nitrogens is 2. The molecule has 1 unspecified atom stereocenters. The lowest BCUT2D eigenvalue weighted by molar-refractivity contribution is -0.134. The van der Waals surface area contributed by atoms with Crippen molar-refractivity contribution in [1.82, 2.24) is 25.1 Å². The summed E-state index contributed by atoms with van der Waals surface area (Å²) in [7, 11) is 1.57. The van der Waals surface area contributed by atoms with Gasteiger partial charge in [-0.15, -0.1) is 0 Å². The van der Waals surface area contributed by atoms with E-state index in [9.17, 15) is 19.2 Å². The Balaban J connectivity index is 0.936. The van der Waals surface area contributed by atoms with Crippen molar-refractivity contribution in [3.05, 3.63) is 96.2 Å². The van der Waals surface area contributed by atoms with E-state index in [4.69, 9.17) is 16.3 Å². The lowest BCUT2D eigenvalue weighted by Gasteiger charge is -2.38. The molecule has 0 aliphatic carbocycles. The van der Waals surface area contributed by atoms with E-state index in [1.807, 2.05) is 53.4 Å². The van der Waals surface area contributed by atoms with Crippen LogP contribution >= 0.6 is 11.6 Å². The van der Waals surface area contributed by atoms with Gasteiger partial charge in [0.2, 0.25) is 29.6 Å². The van der Waals surface area contributed by atoms with Crippen molar-refractivity contribution in [3.8, 4) is 5.75 Å². The minimum atomic E-state index is -0.414. The fraction of sp³-hybridized carbons (Fsp3) is 0.333. The van der Waals surface area contributed by atoms with Crippen molar-refractivity contribution in [3.63, 3.8) is 0 Å². The third-order valence-electron chi connectivity index (χ3n) is 10.7. The highest BCUT2D eigenvalue weighted by molar-refractivity contribution is 6.32. The minimum Gasteiger partial charge on any atom is -0.494 e. The molecule has 3 aliphatic heterocycles. The Hall–Kier alpha value is -6.19. The Labute approximate surface area is 342 Å². The summed E-state index contributed by atoms with van der Waals surface area (Å²) in [5.74, 6) is 0.795. The van der Waals surface area contributed by atoms with Crippen molar-refractivity contribution >= 4 is 75.4 Å². The first-order valence-electron chi connectivity index (χ1n) is 19.4. The van der Waals surface area contributed by atoms with E-state index in [2.05, 4.69) is 65.1 Å². The number of piperazine rings is 1. The standard InChI is InChI=1S/C42H47ClN10O5/c1-3-37(54)47-33-23-34(48-42-44-25-31(43)40(50-42)46-29-7-5-4-6-8-29)36(58-2)24-35(33)52-19-21-53(22-20-52)39(56)26-51-17-15-28(16-18-51)27-9-11-30(12-10-27)45-32-13-14-38(55)49-41(32)57/h3-12,23-25,28,32,45H,1,13-22,26H2,2H3,(H,47,54)(H,49,55,57)(H2,44,46,48,50). The number of methoxy groups -OCH3 is 1. The van der Waals surface area contributed by atoms with Crippen LogP contribution in [0.4, 0.5) is 40.2 Å². The van der Waals surface area contributed by atoms with E-state index in [0.29, 0.717) is 79.4 Å². The molecule has 0 spiro atoms. The number of carbonyl (C=O) groups is 4. The SMILES string of the molecule is C=CC(=O)Nc1cc(Nc2ncc(Cl)c(Nc3ccccc3)n2)c(OC)cc1N1CCN(C(=O)CN2CCC(c3ccc(NC4CCC(=O)NC4=O)cc3)CC2)CC1. The maximum absolute atomic E-state index is 13.5. The van der Waals surface area contributed by atoms with Gasteiger partial charge in [0.15, 0.2) is 5.82 Å². The molecule has 4 amide bonds. The monoisotopic (exact) mass is 806 g/mol. The van der Waals surface area contributed by atoms with Crippen molar-refractivity contribution in [2.45, 2.75) is 37.6 Å². The van der Waals surface area contributed by atoms with Gasteiger partial charge in [-0.05, 0) is 80.2 Å². The Morgan fingerprint density at radius 3 is 2.36 bits per heavy atom. The molecule has 0 radical (unpaired) electrons. The topological polar surface area (TPSA) is 173 Å². The van der Waals surface area contributed by atoms with Crippen LogP contribution in [-0.2, 0) is 19.2 Å². The van der Waals surface area contributed by atoms with Crippen molar-refractivity contribution in [1.29, 1.82) is 0 Å². The van der Waals surface area contributed by atoms with E-state index < -0.39 is 6.04 Å². The number of likely N-dealkylation sites (tertiary alicyclic amines) is 1. The van der Waals surface area contributed by atoms with Gasteiger partial charge in [0.25, 0.3) is 0 Å². The predicted octanol–water partition coefficient (Wildman–Crippen LogP) is 5.50. The van der Waals surface area contributed by atoms with Gasteiger partial charge in [0, 0.05) is 50.0 Å². The molecule has 1 aromatic heterocycles. The van der Waals surface area contributed by atoms with Crippen molar-refractivity contribution < 1.29 is 23.9 Å². The fourth-order valence-corrected chi connectivity index (χ4v) is 7.61. The first kappa shape index (κ1) is 40.0. The van der Waals surface area contributed by atoms with Crippen LogP contribution in [0.5, 0.6) is 5.75 Å². The lowest BCUT2D eigenvalue weighted by atomic mass is 9.89. The molecule has 7 rings (SSSR count). The summed E-state index contributed by atoms with van der Waals surface area (Å²) in [5, 5.41) is 15.3. The van der Waals surface area contributed by atoms with Gasteiger partial charge >= 0.3 is 0 Å². The highest BCUT2D eigenvalue weighted by atomic mass is 35.5. The van der Waals surface area contributed by atoms with Crippen LogP contribution in [0.3, 0.4) is 0 Å². The average molecular weight is 807 g/mol. The maximum Gasteiger partial charge on any atom is 0.249 e. The number of hydrogen-bond donors (Lipinski definition) is 5. The maximum atomic E-state index is 13.5. The summed E-state index contributed by atoms with van der Waals surface area (Å²) in [5.41, 5.74) is 4.71. The molecular weight excluding hydrogens is 760 g/mol. The van der Waals surface area contributed by atoms with Gasteiger partial charge < -0.3 is 35.8 Å². The molecule has 16 heteroatoms.